The SMILES string of the molecule is CCNC(CCCSC)c1nc(C(C)C)cs1. The Kier molecular flexibility index (Phi) is 7.16. The van der Waals surface area contributed by atoms with Crippen molar-refractivity contribution in [3.63, 3.8) is 0 Å². The summed E-state index contributed by atoms with van der Waals surface area (Å²) in [6, 6.07) is 0.449. The maximum Gasteiger partial charge on any atom is 0.110 e. The van der Waals surface area contributed by atoms with E-state index in [0.717, 1.165) is 6.54 Å². The summed E-state index contributed by atoms with van der Waals surface area (Å²) in [6.45, 7) is 7.59. The predicted octanol–water partition coefficient (Wildman–Crippen LogP) is 4.06. The van der Waals surface area contributed by atoms with E-state index in [-0.39, 0.29) is 0 Å². The van der Waals surface area contributed by atoms with Gasteiger partial charge in [-0.1, -0.05) is 20.8 Å². The normalized spacial score (nSPS) is 13.2. The quantitative estimate of drug-likeness (QED) is 0.722. The number of rotatable bonds is 8. The smallest absolute Gasteiger partial charge is 0.110 e. The van der Waals surface area contributed by atoms with Crippen molar-refractivity contribution in [3.05, 3.63) is 16.1 Å². The van der Waals surface area contributed by atoms with Gasteiger partial charge in [-0.25, -0.2) is 4.98 Å². The Balaban J connectivity index is 2.60. The lowest BCUT2D eigenvalue weighted by Crippen LogP contribution is -2.21. The number of thiazole rings is 1. The third-order valence-corrected chi connectivity index (χ3v) is 4.39. The van der Waals surface area contributed by atoms with Gasteiger partial charge in [-0.2, -0.15) is 11.8 Å². The van der Waals surface area contributed by atoms with Crippen LogP contribution in [0.1, 0.15) is 56.3 Å². The highest BCUT2D eigenvalue weighted by Gasteiger charge is 2.15. The van der Waals surface area contributed by atoms with Crippen LogP contribution in [0.4, 0.5) is 0 Å². The molecule has 0 saturated heterocycles. The van der Waals surface area contributed by atoms with Crippen LogP contribution in [0.15, 0.2) is 5.38 Å². The summed E-state index contributed by atoms with van der Waals surface area (Å²) < 4.78 is 0. The maximum atomic E-state index is 4.76. The molecule has 1 aromatic rings. The first-order valence-corrected chi connectivity index (χ1v) is 8.64. The molecule has 1 N–H and O–H groups in total. The molecule has 17 heavy (non-hydrogen) atoms. The Morgan fingerprint density at radius 2 is 2.24 bits per heavy atom. The van der Waals surface area contributed by atoms with E-state index in [9.17, 15) is 0 Å². The third-order valence-electron chi connectivity index (χ3n) is 2.72. The molecule has 1 heterocycles. The average Bonchev–Trinajstić information content (AvgIpc) is 2.77. The molecule has 0 radical (unpaired) electrons. The molecule has 0 fully saturated rings. The molecule has 0 aromatic carbocycles. The Hall–Kier alpha value is -0.0600. The molecule has 4 heteroatoms. The maximum absolute atomic E-state index is 4.76. The van der Waals surface area contributed by atoms with Crippen LogP contribution in [0.2, 0.25) is 0 Å². The van der Waals surface area contributed by atoms with Crippen molar-refractivity contribution in [2.24, 2.45) is 0 Å². The van der Waals surface area contributed by atoms with E-state index in [4.69, 9.17) is 4.98 Å². The van der Waals surface area contributed by atoms with Gasteiger partial charge in [0.1, 0.15) is 5.01 Å². The number of nitrogens with one attached hydrogen (secondary N) is 1. The highest BCUT2D eigenvalue weighted by Crippen LogP contribution is 2.25. The first-order chi connectivity index (χ1) is 8.19. The van der Waals surface area contributed by atoms with Gasteiger partial charge in [0, 0.05) is 5.38 Å². The highest BCUT2D eigenvalue weighted by molar-refractivity contribution is 7.98. The molecule has 98 valence electrons. The van der Waals surface area contributed by atoms with Crippen LogP contribution >= 0.6 is 23.1 Å². The zero-order valence-corrected chi connectivity index (χ0v) is 13.0. The zero-order chi connectivity index (χ0) is 12.7. The molecule has 1 aromatic heterocycles. The molecule has 0 saturated carbocycles. The molecule has 2 nitrogen and oxygen atoms in total. The van der Waals surface area contributed by atoms with Gasteiger partial charge in [-0.3, -0.25) is 0 Å². The number of hydrogen-bond donors (Lipinski definition) is 1. The van der Waals surface area contributed by atoms with Crippen LogP contribution in [-0.2, 0) is 0 Å². The number of aromatic nitrogens is 1. The van der Waals surface area contributed by atoms with E-state index in [1.54, 1.807) is 11.3 Å². The second kappa shape index (κ2) is 8.11. The van der Waals surface area contributed by atoms with Gasteiger partial charge in [-0.05, 0) is 37.3 Å². The Bertz CT molecular complexity index is 310. The molecule has 0 spiro atoms. The van der Waals surface area contributed by atoms with Crippen molar-refractivity contribution < 1.29 is 0 Å². The monoisotopic (exact) mass is 272 g/mol. The second-order valence-electron chi connectivity index (χ2n) is 4.51. The minimum atomic E-state index is 0.449. The van der Waals surface area contributed by atoms with Crippen molar-refractivity contribution in [2.45, 2.75) is 45.6 Å². The van der Waals surface area contributed by atoms with E-state index < -0.39 is 0 Å². The molecular formula is C13H24N2S2. The highest BCUT2D eigenvalue weighted by atomic mass is 32.2. The first kappa shape index (κ1) is 15.0. The van der Waals surface area contributed by atoms with Crippen molar-refractivity contribution in [3.8, 4) is 0 Å². The Morgan fingerprint density at radius 3 is 2.76 bits per heavy atom. The van der Waals surface area contributed by atoms with Crippen LogP contribution in [0.5, 0.6) is 0 Å². The first-order valence-electron chi connectivity index (χ1n) is 6.36. The zero-order valence-electron chi connectivity index (χ0n) is 11.3. The molecule has 0 bridgehead atoms. The van der Waals surface area contributed by atoms with Crippen molar-refractivity contribution in [2.75, 3.05) is 18.6 Å². The molecule has 1 atom stereocenters. The average molecular weight is 272 g/mol. The molecule has 1 rings (SSSR count). The second-order valence-corrected chi connectivity index (χ2v) is 6.39. The fraction of sp³-hybridized carbons (Fsp3) is 0.769. The lowest BCUT2D eigenvalue weighted by Gasteiger charge is -2.14. The van der Waals surface area contributed by atoms with Gasteiger partial charge in [0.15, 0.2) is 0 Å². The lowest BCUT2D eigenvalue weighted by atomic mass is 10.1. The van der Waals surface area contributed by atoms with E-state index in [2.05, 4.69) is 37.7 Å². The fourth-order valence-electron chi connectivity index (χ4n) is 1.72. The van der Waals surface area contributed by atoms with Gasteiger partial charge in [0.2, 0.25) is 0 Å². The molecule has 0 aliphatic heterocycles. The summed E-state index contributed by atoms with van der Waals surface area (Å²) >= 11 is 3.73. The van der Waals surface area contributed by atoms with Crippen molar-refractivity contribution in [1.29, 1.82) is 0 Å². The van der Waals surface area contributed by atoms with Crippen LogP contribution < -0.4 is 5.32 Å². The van der Waals surface area contributed by atoms with Gasteiger partial charge >= 0.3 is 0 Å². The van der Waals surface area contributed by atoms with Gasteiger partial charge < -0.3 is 5.32 Å². The summed E-state index contributed by atoms with van der Waals surface area (Å²) in [5.74, 6) is 1.78. The predicted molar refractivity (Wildman–Crippen MR) is 80.2 cm³/mol. The molecule has 1 unspecified atom stereocenters. The summed E-state index contributed by atoms with van der Waals surface area (Å²) in [5, 5.41) is 7.02. The molecule has 0 aliphatic carbocycles. The topological polar surface area (TPSA) is 24.9 Å². The minimum absolute atomic E-state index is 0.449. The number of hydrogen-bond acceptors (Lipinski definition) is 4. The van der Waals surface area contributed by atoms with Crippen LogP contribution in [0.25, 0.3) is 0 Å². The van der Waals surface area contributed by atoms with Gasteiger partial charge in [0.05, 0.1) is 11.7 Å². The standard InChI is InChI=1S/C13H24N2S2/c1-5-14-11(7-6-8-16-4)13-15-12(9-17-13)10(2)3/h9-11,14H,5-8H2,1-4H3. The van der Waals surface area contributed by atoms with Crippen LogP contribution in [0.3, 0.4) is 0 Å². The van der Waals surface area contributed by atoms with Crippen LogP contribution in [0, 0.1) is 0 Å². The van der Waals surface area contributed by atoms with Crippen molar-refractivity contribution >= 4 is 23.1 Å². The van der Waals surface area contributed by atoms with E-state index in [0.29, 0.717) is 12.0 Å². The molecule has 0 amide bonds. The fourth-order valence-corrected chi connectivity index (χ4v) is 3.26. The largest absolute Gasteiger partial charge is 0.308 e. The molecule has 0 aliphatic rings. The van der Waals surface area contributed by atoms with Crippen molar-refractivity contribution in [1.82, 2.24) is 10.3 Å². The van der Waals surface area contributed by atoms with E-state index in [1.165, 1.54) is 29.3 Å². The van der Waals surface area contributed by atoms with Gasteiger partial charge in [-0.15, -0.1) is 11.3 Å². The molecular weight excluding hydrogens is 248 g/mol. The summed E-state index contributed by atoms with van der Waals surface area (Å²) in [4.78, 5) is 4.76. The minimum Gasteiger partial charge on any atom is -0.308 e. The summed E-state index contributed by atoms with van der Waals surface area (Å²) in [5.41, 5.74) is 1.23. The third kappa shape index (κ3) is 4.98. The number of thioether (sulfide) groups is 1. The Labute approximate surface area is 114 Å². The van der Waals surface area contributed by atoms with E-state index >= 15 is 0 Å². The van der Waals surface area contributed by atoms with Gasteiger partial charge in [0.25, 0.3) is 0 Å². The number of nitrogens with zero attached hydrogens (tertiary/aromatic N) is 1. The summed E-state index contributed by atoms with van der Waals surface area (Å²) in [7, 11) is 0. The summed E-state index contributed by atoms with van der Waals surface area (Å²) in [6.07, 6.45) is 4.62. The lowest BCUT2D eigenvalue weighted by molar-refractivity contribution is 0.507. The Morgan fingerprint density at radius 1 is 1.47 bits per heavy atom. The van der Waals surface area contributed by atoms with Crippen LogP contribution in [-0.4, -0.2) is 23.5 Å². The van der Waals surface area contributed by atoms with E-state index in [1.807, 2.05) is 11.8 Å².